The second-order valence-corrected chi connectivity index (χ2v) is 6.28. The Labute approximate surface area is 145 Å². The number of terminal acetylenes is 1. The molecule has 21 heavy (non-hydrogen) atoms. The number of pyridine rings is 1. The molecular weight excluding hydrogens is 419 g/mol. The van der Waals surface area contributed by atoms with Crippen LogP contribution in [0.5, 0.6) is 5.75 Å². The molecule has 0 saturated heterocycles. The Morgan fingerprint density at radius 1 is 1.29 bits per heavy atom. The second kappa shape index (κ2) is 7.69. The van der Waals surface area contributed by atoms with E-state index >= 15 is 0 Å². The molecule has 0 radical (unpaired) electrons. The van der Waals surface area contributed by atoms with Gasteiger partial charge in [-0.15, -0.1) is 6.42 Å². The Morgan fingerprint density at radius 3 is 2.86 bits per heavy atom. The number of ether oxygens (including phenoxy) is 1. The quantitative estimate of drug-likeness (QED) is 0.542. The number of nitrogens with zero attached hydrogens (tertiary/aromatic N) is 1. The van der Waals surface area contributed by atoms with E-state index in [0.717, 1.165) is 25.9 Å². The van der Waals surface area contributed by atoms with Crippen LogP contribution in [-0.2, 0) is 6.54 Å². The molecule has 0 atom stereocenters. The van der Waals surface area contributed by atoms with Gasteiger partial charge in [0.05, 0.1) is 5.69 Å². The zero-order valence-corrected chi connectivity index (χ0v) is 14.8. The lowest BCUT2D eigenvalue weighted by molar-refractivity contribution is 0.366. The third-order valence-corrected chi connectivity index (χ3v) is 3.84. The van der Waals surface area contributed by atoms with E-state index in [9.17, 15) is 0 Å². The highest BCUT2D eigenvalue weighted by Crippen LogP contribution is 2.27. The first-order valence-corrected chi connectivity index (χ1v) is 7.96. The fourth-order valence-corrected chi connectivity index (χ4v) is 2.59. The Balaban J connectivity index is 2.17. The molecule has 0 bridgehead atoms. The molecule has 0 aliphatic heterocycles. The fraction of sp³-hybridized carbons (Fsp3) is 0.133. The topological polar surface area (TPSA) is 34.1 Å². The normalized spacial score (nSPS) is 10.0. The van der Waals surface area contributed by atoms with Gasteiger partial charge in [0.15, 0.2) is 5.15 Å². The van der Waals surface area contributed by atoms with Crippen molar-refractivity contribution >= 4 is 49.1 Å². The number of anilines is 1. The van der Waals surface area contributed by atoms with E-state index in [2.05, 4.69) is 48.1 Å². The highest BCUT2D eigenvalue weighted by Gasteiger charge is 2.07. The van der Waals surface area contributed by atoms with E-state index in [0.29, 0.717) is 11.7 Å². The van der Waals surface area contributed by atoms with Crippen LogP contribution in [0.2, 0.25) is 5.15 Å². The second-order valence-electron chi connectivity index (χ2n) is 4.09. The Morgan fingerprint density at radius 2 is 2.10 bits per heavy atom. The van der Waals surface area contributed by atoms with E-state index in [1.54, 1.807) is 6.20 Å². The maximum absolute atomic E-state index is 6.06. The first kappa shape index (κ1) is 16.2. The lowest BCUT2D eigenvalue weighted by atomic mass is 10.2. The molecule has 6 heteroatoms. The summed E-state index contributed by atoms with van der Waals surface area (Å²) in [5.41, 5.74) is 1.71. The average Bonchev–Trinajstić information content (AvgIpc) is 2.47. The fourth-order valence-electron chi connectivity index (χ4n) is 1.68. The number of benzene rings is 1. The summed E-state index contributed by atoms with van der Waals surface area (Å²) < 4.78 is 7.35. The Hall–Kier alpha value is -1.22. The van der Waals surface area contributed by atoms with E-state index in [4.69, 9.17) is 22.8 Å². The Kier molecular flexibility index (Phi) is 5.92. The number of aromatic nitrogens is 1. The molecule has 0 amide bonds. The van der Waals surface area contributed by atoms with Crippen molar-refractivity contribution in [1.82, 2.24) is 4.98 Å². The van der Waals surface area contributed by atoms with Gasteiger partial charge in [-0.05, 0) is 40.2 Å². The molecule has 0 saturated carbocycles. The highest BCUT2D eigenvalue weighted by atomic mass is 79.9. The van der Waals surface area contributed by atoms with Gasteiger partial charge < -0.3 is 10.1 Å². The van der Waals surface area contributed by atoms with Crippen molar-refractivity contribution in [3.05, 3.63) is 50.1 Å². The third-order valence-electron chi connectivity index (χ3n) is 2.61. The maximum atomic E-state index is 6.06. The summed E-state index contributed by atoms with van der Waals surface area (Å²) in [6, 6.07) is 7.62. The maximum Gasteiger partial charge on any atom is 0.152 e. The predicted octanol–water partition coefficient (Wildman–Crippen LogP) is 4.88. The van der Waals surface area contributed by atoms with Crippen molar-refractivity contribution in [3.8, 4) is 18.1 Å². The van der Waals surface area contributed by atoms with E-state index in [1.165, 1.54) is 0 Å². The van der Waals surface area contributed by atoms with Crippen molar-refractivity contribution in [3.63, 3.8) is 0 Å². The minimum absolute atomic E-state index is 0.230. The molecule has 0 unspecified atom stereocenters. The van der Waals surface area contributed by atoms with Crippen molar-refractivity contribution in [2.75, 3.05) is 11.9 Å². The van der Waals surface area contributed by atoms with Crippen LogP contribution in [-0.4, -0.2) is 11.6 Å². The summed E-state index contributed by atoms with van der Waals surface area (Å²) in [4.78, 5) is 4.07. The van der Waals surface area contributed by atoms with Crippen LogP contribution < -0.4 is 10.1 Å². The van der Waals surface area contributed by atoms with E-state index in [1.807, 2.05) is 24.3 Å². The first-order valence-electron chi connectivity index (χ1n) is 5.99. The molecule has 0 aliphatic rings. The van der Waals surface area contributed by atoms with Crippen LogP contribution in [0.25, 0.3) is 0 Å². The summed E-state index contributed by atoms with van der Waals surface area (Å²) in [7, 11) is 0. The standard InChI is InChI=1S/C15H11Br2ClN2O/c1-2-5-21-14-4-3-11(16)6-10(14)8-19-13-7-12(17)9-20-15(13)18/h1,3-4,6-7,9,19H,5,8H2. The van der Waals surface area contributed by atoms with Crippen molar-refractivity contribution in [2.45, 2.75) is 6.54 Å². The molecule has 0 fully saturated rings. The van der Waals surface area contributed by atoms with Crippen molar-refractivity contribution < 1.29 is 4.74 Å². The van der Waals surface area contributed by atoms with E-state index in [-0.39, 0.29) is 6.61 Å². The first-order chi connectivity index (χ1) is 10.1. The Bertz CT molecular complexity index is 686. The van der Waals surface area contributed by atoms with Crippen LogP contribution in [0.15, 0.2) is 39.4 Å². The number of hydrogen-bond acceptors (Lipinski definition) is 3. The van der Waals surface area contributed by atoms with Gasteiger partial charge in [0.25, 0.3) is 0 Å². The van der Waals surface area contributed by atoms with Crippen molar-refractivity contribution in [1.29, 1.82) is 0 Å². The summed E-state index contributed by atoms with van der Waals surface area (Å²) in [6.07, 6.45) is 6.87. The minimum atomic E-state index is 0.230. The number of hydrogen-bond donors (Lipinski definition) is 1. The van der Waals surface area contributed by atoms with Crippen LogP contribution in [0.1, 0.15) is 5.56 Å². The monoisotopic (exact) mass is 428 g/mol. The molecule has 2 rings (SSSR count). The van der Waals surface area contributed by atoms with Gasteiger partial charge in [-0.1, -0.05) is 33.5 Å². The summed E-state index contributed by atoms with van der Waals surface area (Å²) in [6.45, 7) is 0.769. The molecule has 0 aliphatic carbocycles. The molecule has 1 N–H and O–H groups in total. The van der Waals surface area contributed by atoms with Gasteiger partial charge >= 0.3 is 0 Å². The number of rotatable bonds is 5. The lowest BCUT2D eigenvalue weighted by Crippen LogP contribution is -2.04. The average molecular weight is 431 g/mol. The zero-order chi connectivity index (χ0) is 15.2. The number of nitrogens with one attached hydrogen (secondary N) is 1. The summed E-state index contributed by atoms with van der Waals surface area (Å²) in [5.74, 6) is 3.20. The predicted molar refractivity (Wildman–Crippen MR) is 92.7 cm³/mol. The number of halogens is 3. The van der Waals surface area contributed by atoms with Gasteiger partial charge in [-0.25, -0.2) is 4.98 Å². The van der Waals surface area contributed by atoms with Crippen molar-refractivity contribution in [2.24, 2.45) is 0 Å². The third kappa shape index (κ3) is 4.63. The van der Waals surface area contributed by atoms with Crippen LogP contribution in [0.4, 0.5) is 5.69 Å². The van der Waals surface area contributed by atoms with Crippen LogP contribution >= 0.6 is 43.5 Å². The van der Waals surface area contributed by atoms with Crippen LogP contribution in [0.3, 0.4) is 0 Å². The van der Waals surface area contributed by atoms with Gasteiger partial charge in [-0.2, -0.15) is 0 Å². The molecule has 3 nitrogen and oxygen atoms in total. The molecule has 1 aromatic heterocycles. The summed E-state index contributed by atoms with van der Waals surface area (Å²) >= 11 is 12.9. The zero-order valence-electron chi connectivity index (χ0n) is 10.9. The van der Waals surface area contributed by atoms with Gasteiger partial charge in [-0.3, -0.25) is 0 Å². The molecule has 2 aromatic rings. The smallest absolute Gasteiger partial charge is 0.152 e. The lowest BCUT2D eigenvalue weighted by Gasteiger charge is -2.13. The molecule has 0 spiro atoms. The summed E-state index contributed by atoms with van der Waals surface area (Å²) in [5, 5.41) is 3.65. The van der Waals surface area contributed by atoms with Crippen LogP contribution in [0, 0.1) is 12.3 Å². The van der Waals surface area contributed by atoms with E-state index < -0.39 is 0 Å². The highest BCUT2D eigenvalue weighted by molar-refractivity contribution is 9.10. The van der Waals surface area contributed by atoms with Gasteiger partial charge in [0.2, 0.25) is 0 Å². The molecular formula is C15H11Br2ClN2O. The van der Waals surface area contributed by atoms with Gasteiger partial charge in [0.1, 0.15) is 12.4 Å². The minimum Gasteiger partial charge on any atom is -0.481 e. The van der Waals surface area contributed by atoms with Gasteiger partial charge in [0, 0.05) is 27.3 Å². The largest absolute Gasteiger partial charge is 0.481 e. The molecule has 108 valence electrons. The molecule has 1 heterocycles. The molecule has 1 aromatic carbocycles. The SMILES string of the molecule is C#CCOc1ccc(Br)cc1CNc1cc(Br)cnc1Cl.